The van der Waals surface area contributed by atoms with Gasteiger partial charge in [-0.2, -0.15) is 0 Å². The molecule has 0 radical (unpaired) electrons. The van der Waals surface area contributed by atoms with Crippen molar-refractivity contribution in [3.8, 4) is 5.75 Å². The van der Waals surface area contributed by atoms with Gasteiger partial charge in [0.1, 0.15) is 11.5 Å². The van der Waals surface area contributed by atoms with Crippen LogP contribution in [-0.2, 0) is 25.5 Å². The number of benzene rings is 3. The van der Waals surface area contributed by atoms with E-state index in [0.717, 1.165) is 5.56 Å². The molecule has 1 unspecified atom stereocenters. The minimum Gasteiger partial charge on any atom is -0.507 e. The summed E-state index contributed by atoms with van der Waals surface area (Å²) in [6, 6.07) is 17.9. The van der Waals surface area contributed by atoms with Gasteiger partial charge in [0, 0.05) is 10.7 Å². The Kier molecular flexibility index (Phi) is 7.88. The molecule has 4 rings (SSSR count). The molecule has 38 heavy (non-hydrogen) atoms. The van der Waals surface area contributed by atoms with Crippen molar-refractivity contribution in [3.05, 3.63) is 99.6 Å². The number of Topliss-reactive ketones (excluding diaryl/α,β-unsaturated/α-hetero) is 1. The van der Waals surface area contributed by atoms with E-state index in [-0.39, 0.29) is 35.4 Å². The topological polar surface area (TPSA) is 93.1 Å². The molecule has 1 aliphatic rings. The highest BCUT2D eigenvalue weighted by Gasteiger charge is 2.47. The van der Waals surface area contributed by atoms with E-state index in [4.69, 9.17) is 21.1 Å². The summed E-state index contributed by atoms with van der Waals surface area (Å²) in [6.45, 7) is 5.46. The molecule has 1 aliphatic heterocycles. The van der Waals surface area contributed by atoms with Gasteiger partial charge in [-0.15, -0.1) is 0 Å². The zero-order valence-corrected chi connectivity index (χ0v) is 22.3. The van der Waals surface area contributed by atoms with Crippen LogP contribution in [0.15, 0.2) is 72.3 Å². The third-order valence-corrected chi connectivity index (χ3v) is 6.38. The molecule has 3 aromatic carbocycles. The molecule has 1 heterocycles. The molecule has 1 saturated heterocycles. The predicted molar refractivity (Wildman–Crippen MR) is 145 cm³/mol. The zero-order chi connectivity index (χ0) is 27.6. The van der Waals surface area contributed by atoms with Crippen molar-refractivity contribution in [1.29, 1.82) is 0 Å². The summed E-state index contributed by atoms with van der Waals surface area (Å²) in [5, 5.41) is 11.7. The number of aliphatic hydroxyl groups is 1. The fourth-order valence-electron chi connectivity index (χ4n) is 4.51. The number of hydrogen-bond donors (Lipinski definition) is 1. The Balaban J connectivity index is 1.83. The summed E-state index contributed by atoms with van der Waals surface area (Å²) in [5.41, 5.74) is 2.84. The predicted octanol–water partition coefficient (Wildman–Crippen LogP) is 5.78. The van der Waals surface area contributed by atoms with Crippen LogP contribution in [0.4, 0.5) is 5.69 Å². The largest absolute Gasteiger partial charge is 0.507 e. The van der Waals surface area contributed by atoms with Crippen LogP contribution in [0.5, 0.6) is 5.75 Å². The molecule has 0 aromatic heterocycles. The number of amides is 1. The standard InChI is InChI=1S/C30H28ClNO6/c1-17(2)38-25(33)15-19-8-11-22(12-9-19)32-27(20-7-5-6-18(3)14-20)26(29(35)30(32)36)28(34)23-16-21(31)10-13-24(23)37-4/h5-14,16-17,27,34H,15H2,1-4H3/b28-26+. The average Bonchev–Trinajstić information content (AvgIpc) is 3.14. The molecule has 7 nitrogen and oxygen atoms in total. The van der Waals surface area contributed by atoms with Gasteiger partial charge in [0.05, 0.1) is 36.8 Å². The van der Waals surface area contributed by atoms with Gasteiger partial charge in [0.15, 0.2) is 0 Å². The van der Waals surface area contributed by atoms with E-state index in [1.807, 2.05) is 25.1 Å². The quantitative estimate of drug-likeness (QED) is 0.179. The molecule has 0 bridgehead atoms. The number of hydrogen-bond acceptors (Lipinski definition) is 6. The molecule has 0 aliphatic carbocycles. The van der Waals surface area contributed by atoms with Crippen LogP contribution >= 0.6 is 11.6 Å². The van der Waals surface area contributed by atoms with Crippen molar-refractivity contribution in [2.45, 2.75) is 39.3 Å². The first kappa shape index (κ1) is 26.9. The number of carbonyl (C=O) groups is 3. The number of halogens is 1. The molecule has 1 amide bonds. The molecule has 1 fully saturated rings. The number of methoxy groups -OCH3 is 1. The van der Waals surface area contributed by atoms with Gasteiger partial charge < -0.3 is 14.6 Å². The van der Waals surface area contributed by atoms with Crippen molar-refractivity contribution in [2.75, 3.05) is 12.0 Å². The van der Waals surface area contributed by atoms with Gasteiger partial charge in [-0.05, 0) is 62.2 Å². The minimum atomic E-state index is -0.907. The maximum atomic E-state index is 13.4. The third-order valence-electron chi connectivity index (χ3n) is 6.15. The molecular weight excluding hydrogens is 506 g/mol. The lowest BCUT2D eigenvalue weighted by Gasteiger charge is -2.26. The summed E-state index contributed by atoms with van der Waals surface area (Å²) in [5.74, 6) is -2.06. The molecule has 8 heteroatoms. The normalized spacial score (nSPS) is 16.7. The van der Waals surface area contributed by atoms with E-state index in [2.05, 4.69) is 0 Å². The molecular formula is C30H28ClNO6. The fraction of sp³-hybridized carbons (Fsp3) is 0.233. The number of aryl methyl sites for hydroxylation is 1. The average molecular weight is 534 g/mol. The van der Waals surface area contributed by atoms with E-state index >= 15 is 0 Å². The minimum absolute atomic E-state index is 0.0765. The van der Waals surface area contributed by atoms with Gasteiger partial charge in [-0.25, -0.2) is 0 Å². The Morgan fingerprint density at radius 3 is 2.39 bits per heavy atom. The Morgan fingerprint density at radius 1 is 1.05 bits per heavy atom. The van der Waals surface area contributed by atoms with E-state index < -0.39 is 17.7 Å². The van der Waals surface area contributed by atoms with Crippen LogP contribution in [0.25, 0.3) is 5.76 Å². The van der Waals surface area contributed by atoms with Crippen LogP contribution < -0.4 is 9.64 Å². The SMILES string of the molecule is COc1ccc(Cl)cc1/C(O)=C1\C(=O)C(=O)N(c2ccc(CC(=O)OC(C)C)cc2)C1c1cccc(C)c1. The van der Waals surface area contributed by atoms with E-state index in [1.165, 1.54) is 18.1 Å². The number of carbonyl (C=O) groups excluding carboxylic acids is 3. The summed E-state index contributed by atoms with van der Waals surface area (Å²) >= 11 is 6.18. The third kappa shape index (κ3) is 5.43. The molecule has 1 atom stereocenters. The number of ether oxygens (including phenoxy) is 2. The summed E-state index contributed by atoms with van der Waals surface area (Å²) in [6.07, 6.45) is -0.145. The second-order valence-electron chi connectivity index (χ2n) is 9.31. The van der Waals surface area contributed by atoms with Crippen LogP contribution in [0.2, 0.25) is 5.02 Å². The number of esters is 1. The first-order chi connectivity index (χ1) is 18.1. The van der Waals surface area contributed by atoms with Crippen molar-refractivity contribution >= 4 is 40.7 Å². The second kappa shape index (κ2) is 11.1. The molecule has 196 valence electrons. The monoisotopic (exact) mass is 533 g/mol. The van der Waals surface area contributed by atoms with Crippen molar-refractivity contribution in [1.82, 2.24) is 0 Å². The molecule has 1 N–H and O–H groups in total. The van der Waals surface area contributed by atoms with Crippen molar-refractivity contribution < 1.29 is 29.0 Å². The number of nitrogens with zero attached hydrogens (tertiary/aromatic N) is 1. The maximum absolute atomic E-state index is 13.4. The maximum Gasteiger partial charge on any atom is 0.310 e. The second-order valence-corrected chi connectivity index (χ2v) is 9.75. The Labute approximate surface area is 226 Å². The number of rotatable bonds is 7. The highest BCUT2D eigenvalue weighted by Crippen LogP contribution is 2.43. The van der Waals surface area contributed by atoms with Gasteiger partial charge in [0.25, 0.3) is 11.7 Å². The Hall–Kier alpha value is -4.10. The van der Waals surface area contributed by atoms with E-state index in [0.29, 0.717) is 27.6 Å². The van der Waals surface area contributed by atoms with Crippen LogP contribution in [0, 0.1) is 6.92 Å². The van der Waals surface area contributed by atoms with Gasteiger partial charge >= 0.3 is 5.97 Å². The molecule has 0 spiro atoms. The Bertz CT molecular complexity index is 1430. The fourth-order valence-corrected chi connectivity index (χ4v) is 4.68. The summed E-state index contributed by atoms with van der Waals surface area (Å²) in [4.78, 5) is 40.3. The highest BCUT2D eigenvalue weighted by atomic mass is 35.5. The first-order valence-electron chi connectivity index (χ1n) is 12.1. The Morgan fingerprint density at radius 2 is 1.76 bits per heavy atom. The lowest BCUT2D eigenvalue weighted by atomic mass is 9.94. The lowest BCUT2D eigenvalue weighted by Crippen LogP contribution is -2.29. The van der Waals surface area contributed by atoms with Crippen molar-refractivity contribution in [3.63, 3.8) is 0 Å². The van der Waals surface area contributed by atoms with Gasteiger partial charge in [-0.1, -0.05) is 53.6 Å². The van der Waals surface area contributed by atoms with Crippen molar-refractivity contribution in [2.24, 2.45) is 0 Å². The first-order valence-corrected chi connectivity index (χ1v) is 12.5. The van der Waals surface area contributed by atoms with Crippen LogP contribution in [-0.4, -0.2) is 36.0 Å². The van der Waals surface area contributed by atoms with Gasteiger partial charge in [0.2, 0.25) is 0 Å². The number of anilines is 1. The summed E-state index contributed by atoms with van der Waals surface area (Å²) < 4.78 is 10.6. The summed E-state index contributed by atoms with van der Waals surface area (Å²) in [7, 11) is 1.44. The van der Waals surface area contributed by atoms with Gasteiger partial charge in [-0.3, -0.25) is 19.3 Å². The molecule has 3 aromatic rings. The van der Waals surface area contributed by atoms with E-state index in [9.17, 15) is 19.5 Å². The van der Waals surface area contributed by atoms with Crippen LogP contribution in [0.3, 0.4) is 0 Å². The number of aliphatic hydroxyl groups excluding tert-OH is 1. The molecule has 0 saturated carbocycles. The highest BCUT2D eigenvalue weighted by molar-refractivity contribution is 6.51. The van der Waals surface area contributed by atoms with E-state index in [1.54, 1.807) is 56.3 Å². The zero-order valence-electron chi connectivity index (χ0n) is 21.5. The lowest BCUT2D eigenvalue weighted by molar-refractivity contribution is -0.146. The smallest absolute Gasteiger partial charge is 0.310 e. The van der Waals surface area contributed by atoms with Crippen LogP contribution in [0.1, 0.15) is 42.1 Å². The number of ketones is 1.